The van der Waals surface area contributed by atoms with E-state index in [1.807, 2.05) is 14.1 Å². The lowest BCUT2D eigenvalue weighted by molar-refractivity contribution is -0.134. The van der Waals surface area contributed by atoms with E-state index in [0.29, 0.717) is 11.9 Å². The maximum atomic E-state index is 12.2. The van der Waals surface area contributed by atoms with E-state index in [4.69, 9.17) is 0 Å². The molecule has 1 atom stereocenters. The molecule has 0 aromatic rings. The van der Waals surface area contributed by atoms with Gasteiger partial charge in [-0.15, -0.1) is 0 Å². The molecule has 2 aliphatic rings. The van der Waals surface area contributed by atoms with Crippen molar-refractivity contribution in [2.24, 2.45) is 0 Å². The van der Waals surface area contributed by atoms with Crippen LogP contribution in [0.1, 0.15) is 19.3 Å². The van der Waals surface area contributed by atoms with Crippen molar-refractivity contribution in [3.8, 4) is 0 Å². The van der Waals surface area contributed by atoms with Crippen molar-refractivity contribution in [3.63, 3.8) is 0 Å². The van der Waals surface area contributed by atoms with Crippen molar-refractivity contribution in [1.82, 2.24) is 14.7 Å². The van der Waals surface area contributed by atoms with E-state index < -0.39 is 0 Å². The molecule has 2 saturated heterocycles. The third kappa shape index (κ3) is 2.23. The quantitative estimate of drug-likeness (QED) is 0.674. The van der Waals surface area contributed by atoms with Crippen LogP contribution in [0, 0.1) is 0 Å². The fourth-order valence-electron chi connectivity index (χ4n) is 2.83. The summed E-state index contributed by atoms with van der Waals surface area (Å²) in [6.07, 6.45) is 3.28. The summed E-state index contributed by atoms with van der Waals surface area (Å²) in [5, 5.41) is 0. The molecule has 0 aromatic heterocycles. The Morgan fingerprint density at radius 3 is 2.25 bits per heavy atom. The number of hydrogen-bond acceptors (Lipinski definition) is 3. The Balaban J connectivity index is 1.94. The molecule has 0 aliphatic carbocycles. The van der Waals surface area contributed by atoms with Gasteiger partial charge < -0.3 is 9.80 Å². The van der Waals surface area contributed by atoms with Gasteiger partial charge in [-0.2, -0.15) is 0 Å². The Hall–Kier alpha value is -0.610. The molecule has 4 nitrogen and oxygen atoms in total. The summed E-state index contributed by atoms with van der Waals surface area (Å²) in [6.45, 7) is 3.21. The topological polar surface area (TPSA) is 26.8 Å². The molecular weight excluding hydrogens is 202 g/mol. The van der Waals surface area contributed by atoms with Gasteiger partial charge in [0.05, 0.1) is 6.04 Å². The molecule has 2 rings (SSSR count). The Bertz CT molecular complexity index is 259. The molecular formula is C12H23N3O. The van der Waals surface area contributed by atoms with Crippen molar-refractivity contribution in [2.75, 3.05) is 40.8 Å². The van der Waals surface area contributed by atoms with Crippen LogP contribution >= 0.6 is 0 Å². The summed E-state index contributed by atoms with van der Waals surface area (Å²) >= 11 is 0. The lowest BCUT2D eigenvalue weighted by Crippen LogP contribution is -2.47. The average molecular weight is 225 g/mol. The van der Waals surface area contributed by atoms with Gasteiger partial charge in [-0.25, -0.2) is 0 Å². The summed E-state index contributed by atoms with van der Waals surface area (Å²) in [7, 11) is 6.16. The minimum Gasteiger partial charge on any atom is -0.338 e. The SMILES string of the molecule is CN1CCC(N2CCC(N(C)C)C2=O)CC1. The number of likely N-dealkylation sites (tertiary alicyclic amines) is 2. The Labute approximate surface area is 98.2 Å². The second-order valence-corrected chi connectivity index (χ2v) is 5.33. The van der Waals surface area contributed by atoms with Crippen LogP contribution in [0.5, 0.6) is 0 Å². The number of hydrogen-bond donors (Lipinski definition) is 0. The zero-order valence-corrected chi connectivity index (χ0v) is 10.6. The Morgan fingerprint density at radius 1 is 1.12 bits per heavy atom. The number of piperidine rings is 1. The van der Waals surface area contributed by atoms with Gasteiger partial charge in [0.1, 0.15) is 0 Å². The zero-order valence-electron chi connectivity index (χ0n) is 10.6. The van der Waals surface area contributed by atoms with Gasteiger partial charge in [0.2, 0.25) is 5.91 Å². The van der Waals surface area contributed by atoms with Crippen molar-refractivity contribution in [3.05, 3.63) is 0 Å². The standard InChI is InChI=1S/C12H23N3O/c1-13(2)11-6-9-15(12(11)16)10-4-7-14(3)8-5-10/h10-11H,4-9H2,1-3H3. The first-order chi connectivity index (χ1) is 7.59. The Morgan fingerprint density at radius 2 is 1.75 bits per heavy atom. The fraction of sp³-hybridized carbons (Fsp3) is 0.917. The summed E-state index contributed by atoms with van der Waals surface area (Å²) in [6, 6.07) is 0.619. The molecule has 0 radical (unpaired) electrons. The normalized spacial score (nSPS) is 29.4. The van der Waals surface area contributed by atoms with Gasteiger partial charge in [0, 0.05) is 12.6 Å². The molecule has 92 valence electrons. The van der Waals surface area contributed by atoms with Gasteiger partial charge in [-0.05, 0) is 53.5 Å². The summed E-state index contributed by atoms with van der Waals surface area (Å²) in [5.41, 5.74) is 0. The van der Waals surface area contributed by atoms with E-state index in [2.05, 4.69) is 21.7 Å². The van der Waals surface area contributed by atoms with Crippen LogP contribution in [0.3, 0.4) is 0 Å². The lowest BCUT2D eigenvalue weighted by atomic mass is 10.0. The van der Waals surface area contributed by atoms with Crippen LogP contribution < -0.4 is 0 Å². The summed E-state index contributed by atoms with van der Waals surface area (Å²) in [5.74, 6) is 0.347. The summed E-state index contributed by atoms with van der Waals surface area (Å²) < 4.78 is 0. The van der Waals surface area contributed by atoms with E-state index in [0.717, 1.165) is 38.9 Å². The van der Waals surface area contributed by atoms with Gasteiger partial charge in [-0.3, -0.25) is 9.69 Å². The fourth-order valence-corrected chi connectivity index (χ4v) is 2.83. The molecule has 16 heavy (non-hydrogen) atoms. The van der Waals surface area contributed by atoms with Crippen molar-refractivity contribution < 1.29 is 4.79 Å². The third-order valence-corrected chi connectivity index (χ3v) is 3.96. The minimum absolute atomic E-state index is 0.125. The van der Waals surface area contributed by atoms with Crippen LogP contribution in [-0.4, -0.2) is 73.5 Å². The van der Waals surface area contributed by atoms with Crippen molar-refractivity contribution in [1.29, 1.82) is 0 Å². The first-order valence-electron chi connectivity index (χ1n) is 6.25. The molecule has 0 bridgehead atoms. The molecule has 0 aromatic carbocycles. The monoisotopic (exact) mass is 225 g/mol. The molecule has 4 heteroatoms. The first kappa shape index (κ1) is 11.9. The second kappa shape index (κ2) is 4.72. The van der Waals surface area contributed by atoms with Gasteiger partial charge >= 0.3 is 0 Å². The van der Waals surface area contributed by atoms with Crippen molar-refractivity contribution in [2.45, 2.75) is 31.3 Å². The van der Waals surface area contributed by atoms with Gasteiger partial charge in [0.15, 0.2) is 0 Å². The van der Waals surface area contributed by atoms with E-state index in [9.17, 15) is 4.79 Å². The van der Waals surface area contributed by atoms with E-state index in [-0.39, 0.29) is 6.04 Å². The highest BCUT2D eigenvalue weighted by atomic mass is 16.2. The number of carbonyl (C=O) groups excluding carboxylic acids is 1. The zero-order chi connectivity index (χ0) is 11.7. The highest BCUT2D eigenvalue weighted by Gasteiger charge is 2.37. The van der Waals surface area contributed by atoms with Gasteiger partial charge in [-0.1, -0.05) is 0 Å². The smallest absolute Gasteiger partial charge is 0.240 e. The van der Waals surface area contributed by atoms with E-state index >= 15 is 0 Å². The number of carbonyl (C=O) groups is 1. The highest BCUT2D eigenvalue weighted by molar-refractivity contribution is 5.84. The molecule has 0 spiro atoms. The molecule has 2 heterocycles. The maximum Gasteiger partial charge on any atom is 0.240 e. The third-order valence-electron chi connectivity index (χ3n) is 3.96. The van der Waals surface area contributed by atoms with E-state index in [1.165, 1.54) is 0 Å². The van der Waals surface area contributed by atoms with Crippen LogP contribution in [0.15, 0.2) is 0 Å². The molecule has 2 fully saturated rings. The molecule has 1 unspecified atom stereocenters. The number of nitrogens with zero attached hydrogens (tertiary/aromatic N) is 3. The maximum absolute atomic E-state index is 12.2. The minimum atomic E-state index is 0.125. The second-order valence-electron chi connectivity index (χ2n) is 5.33. The predicted octanol–water partition coefficient (Wildman–Crippen LogP) is 0.243. The predicted molar refractivity (Wildman–Crippen MR) is 64.3 cm³/mol. The number of rotatable bonds is 2. The largest absolute Gasteiger partial charge is 0.338 e. The average Bonchev–Trinajstić information content (AvgIpc) is 2.61. The molecule has 1 amide bonds. The highest BCUT2D eigenvalue weighted by Crippen LogP contribution is 2.23. The number of amides is 1. The summed E-state index contributed by atoms with van der Waals surface area (Å²) in [4.78, 5) is 18.7. The molecule has 2 aliphatic heterocycles. The van der Waals surface area contributed by atoms with Crippen LogP contribution in [0.2, 0.25) is 0 Å². The Kier molecular flexibility index (Phi) is 3.50. The van der Waals surface area contributed by atoms with Crippen LogP contribution in [0.4, 0.5) is 0 Å². The van der Waals surface area contributed by atoms with Crippen LogP contribution in [-0.2, 0) is 4.79 Å². The van der Waals surface area contributed by atoms with Gasteiger partial charge in [0.25, 0.3) is 0 Å². The number of likely N-dealkylation sites (N-methyl/N-ethyl adjacent to an activating group) is 1. The lowest BCUT2D eigenvalue weighted by Gasteiger charge is -2.35. The molecule has 0 N–H and O–H groups in total. The van der Waals surface area contributed by atoms with Crippen molar-refractivity contribution >= 4 is 5.91 Å². The van der Waals surface area contributed by atoms with E-state index in [1.54, 1.807) is 0 Å². The molecule has 0 saturated carbocycles. The van der Waals surface area contributed by atoms with Crippen LogP contribution in [0.25, 0.3) is 0 Å². The first-order valence-corrected chi connectivity index (χ1v) is 6.25.